The van der Waals surface area contributed by atoms with Gasteiger partial charge in [0.2, 0.25) is 0 Å². The molecule has 25 heavy (non-hydrogen) atoms. The average molecular weight is 342 g/mol. The Morgan fingerprint density at radius 1 is 1.44 bits per heavy atom. The van der Waals surface area contributed by atoms with E-state index in [2.05, 4.69) is 15.5 Å². The molecule has 0 spiro atoms. The Balaban J connectivity index is 1.39. The van der Waals surface area contributed by atoms with Crippen LogP contribution in [0.5, 0.6) is 5.75 Å². The van der Waals surface area contributed by atoms with Crippen molar-refractivity contribution in [2.45, 2.75) is 31.9 Å². The monoisotopic (exact) mass is 342 g/mol. The summed E-state index contributed by atoms with van der Waals surface area (Å²) in [6.45, 7) is 2.54. The predicted molar refractivity (Wildman–Crippen MR) is 92.6 cm³/mol. The zero-order valence-electron chi connectivity index (χ0n) is 14.0. The van der Waals surface area contributed by atoms with E-state index in [9.17, 15) is 4.79 Å². The minimum atomic E-state index is -0.125. The van der Waals surface area contributed by atoms with E-state index in [0.717, 1.165) is 37.1 Å². The Hall–Kier alpha value is -2.54. The van der Waals surface area contributed by atoms with Crippen molar-refractivity contribution in [1.82, 2.24) is 15.1 Å². The minimum absolute atomic E-state index is 0.125. The van der Waals surface area contributed by atoms with Gasteiger partial charge in [-0.3, -0.25) is 5.10 Å². The SMILES string of the molecule is O=C(Nc1ccccc1OC[C@@H]1CCCO1)N1CCc2[nH]ncc2C1. The van der Waals surface area contributed by atoms with E-state index in [1.54, 1.807) is 11.1 Å². The topological polar surface area (TPSA) is 79.5 Å². The molecule has 1 aromatic carbocycles. The number of hydrogen-bond donors (Lipinski definition) is 2. The first-order valence-electron chi connectivity index (χ1n) is 8.70. The summed E-state index contributed by atoms with van der Waals surface area (Å²) in [5, 5.41) is 9.99. The molecule has 3 heterocycles. The third kappa shape index (κ3) is 3.61. The van der Waals surface area contributed by atoms with Gasteiger partial charge in [-0.05, 0) is 25.0 Å². The molecule has 1 saturated heterocycles. The highest BCUT2D eigenvalue weighted by Gasteiger charge is 2.23. The molecule has 2 aromatic rings. The van der Waals surface area contributed by atoms with Gasteiger partial charge in [-0.25, -0.2) is 4.79 Å². The van der Waals surface area contributed by atoms with Gasteiger partial charge in [-0.15, -0.1) is 0 Å². The number of H-pyrrole nitrogens is 1. The van der Waals surface area contributed by atoms with Gasteiger partial charge in [-0.1, -0.05) is 12.1 Å². The van der Waals surface area contributed by atoms with E-state index in [1.165, 1.54) is 0 Å². The first-order chi connectivity index (χ1) is 12.3. The van der Waals surface area contributed by atoms with Crippen LogP contribution in [0.1, 0.15) is 24.1 Å². The number of amides is 2. The molecule has 7 nitrogen and oxygen atoms in total. The van der Waals surface area contributed by atoms with Crippen LogP contribution in [0.25, 0.3) is 0 Å². The van der Waals surface area contributed by atoms with Gasteiger partial charge in [0.25, 0.3) is 0 Å². The number of fused-ring (bicyclic) bond motifs is 1. The van der Waals surface area contributed by atoms with Crippen molar-refractivity contribution < 1.29 is 14.3 Å². The molecule has 1 fully saturated rings. The summed E-state index contributed by atoms with van der Waals surface area (Å²) >= 11 is 0. The van der Waals surface area contributed by atoms with Crippen molar-refractivity contribution in [1.29, 1.82) is 0 Å². The molecule has 132 valence electrons. The lowest BCUT2D eigenvalue weighted by atomic mass is 10.1. The lowest BCUT2D eigenvalue weighted by Crippen LogP contribution is -2.38. The highest BCUT2D eigenvalue weighted by atomic mass is 16.5. The molecule has 0 saturated carbocycles. The number of para-hydroxylation sites is 2. The van der Waals surface area contributed by atoms with Crippen molar-refractivity contribution >= 4 is 11.7 Å². The van der Waals surface area contributed by atoms with Gasteiger partial charge in [-0.2, -0.15) is 5.10 Å². The average Bonchev–Trinajstić information content (AvgIpc) is 3.31. The maximum absolute atomic E-state index is 12.6. The number of benzene rings is 1. The smallest absolute Gasteiger partial charge is 0.322 e. The number of ether oxygens (including phenoxy) is 2. The zero-order chi connectivity index (χ0) is 17.1. The molecule has 0 aliphatic carbocycles. The van der Waals surface area contributed by atoms with Gasteiger partial charge >= 0.3 is 6.03 Å². The summed E-state index contributed by atoms with van der Waals surface area (Å²) in [5.74, 6) is 0.673. The fourth-order valence-electron chi connectivity index (χ4n) is 3.24. The largest absolute Gasteiger partial charge is 0.489 e. The third-order valence-electron chi connectivity index (χ3n) is 4.67. The van der Waals surface area contributed by atoms with Crippen LogP contribution < -0.4 is 10.1 Å². The van der Waals surface area contributed by atoms with Crippen LogP contribution >= 0.6 is 0 Å². The van der Waals surface area contributed by atoms with E-state index in [1.807, 2.05) is 24.3 Å². The van der Waals surface area contributed by atoms with Gasteiger partial charge in [0, 0.05) is 30.8 Å². The summed E-state index contributed by atoms with van der Waals surface area (Å²) in [6.07, 6.45) is 4.82. The third-order valence-corrected chi connectivity index (χ3v) is 4.67. The van der Waals surface area contributed by atoms with Crippen LogP contribution in [0.4, 0.5) is 10.5 Å². The molecule has 7 heteroatoms. The Kier molecular flexibility index (Phi) is 4.56. The van der Waals surface area contributed by atoms with Crippen molar-refractivity contribution in [3.63, 3.8) is 0 Å². The molecule has 2 amide bonds. The fraction of sp³-hybridized carbons (Fsp3) is 0.444. The van der Waals surface area contributed by atoms with Crippen molar-refractivity contribution in [2.75, 3.05) is 25.1 Å². The van der Waals surface area contributed by atoms with E-state index < -0.39 is 0 Å². The van der Waals surface area contributed by atoms with Crippen LogP contribution in [0.15, 0.2) is 30.5 Å². The molecule has 0 unspecified atom stereocenters. The molecular weight excluding hydrogens is 320 g/mol. The summed E-state index contributed by atoms with van der Waals surface area (Å²) in [7, 11) is 0. The second-order valence-corrected chi connectivity index (χ2v) is 6.42. The standard InChI is InChI=1S/C18H22N4O3/c23-18(22-8-7-15-13(11-22)10-19-21-15)20-16-5-1-2-6-17(16)25-12-14-4-3-9-24-14/h1-2,5-6,10,14H,3-4,7-9,11-12H2,(H,19,21)(H,20,23)/t14-/m0/s1. The second-order valence-electron chi connectivity index (χ2n) is 6.42. The predicted octanol–water partition coefficient (Wildman–Crippen LogP) is 2.56. The van der Waals surface area contributed by atoms with Gasteiger partial charge < -0.3 is 19.7 Å². The highest BCUT2D eigenvalue weighted by molar-refractivity contribution is 5.91. The van der Waals surface area contributed by atoms with Crippen LogP contribution in [0.3, 0.4) is 0 Å². The van der Waals surface area contributed by atoms with E-state index >= 15 is 0 Å². The van der Waals surface area contributed by atoms with Gasteiger partial charge in [0.15, 0.2) is 0 Å². The molecule has 4 rings (SSSR count). The number of nitrogens with one attached hydrogen (secondary N) is 2. The Labute approximate surface area is 146 Å². The van der Waals surface area contributed by atoms with Crippen LogP contribution in [-0.4, -0.2) is 47.0 Å². The van der Waals surface area contributed by atoms with E-state index in [4.69, 9.17) is 9.47 Å². The van der Waals surface area contributed by atoms with Crippen molar-refractivity contribution in [2.24, 2.45) is 0 Å². The minimum Gasteiger partial charge on any atom is -0.489 e. The quantitative estimate of drug-likeness (QED) is 0.895. The molecule has 2 aliphatic rings. The maximum Gasteiger partial charge on any atom is 0.322 e. The normalized spacial score (nSPS) is 19.5. The molecule has 2 aliphatic heterocycles. The zero-order valence-corrected chi connectivity index (χ0v) is 14.0. The summed E-state index contributed by atoms with van der Waals surface area (Å²) in [4.78, 5) is 14.4. The van der Waals surface area contributed by atoms with E-state index in [-0.39, 0.29) is 12.1 Å². The number of carbonyl (C=O) groups is 1. The molecule has 1 atom stereocenters. The highest BCUT2D eigenvalue weighted by Crippen LogP contribution is 2.26. The molecule has 2 N–H and O–H groups in total. The number of aromatic nitrogens is 2. The maximum atomic E-state index is 12.6. The summed E-state index contributed by atoms with van der Waals surface area (Å²) < 4.78 is 11.5. The number of carbonyl (C=O) groups excluding carboxylic acids is 1. The van der Waals surface area contributed by atoms with Crippen LogP contribution in [0.2, 0.25) is 0 Å². The first kappa shape index (κ1) is 16.0. The van der Waals surface area contributed by atoms with Gasteiger partial charge in [0.1, 0.15) is 12.4 Å². The molecule has 0 bridgehead atoms. The van der Waals surface area contributed by atoms with E-state index in [0.29, 0.717) is 31.1 Å². The second kappa shape index (κ2) is 7.14. The van der Waals surface area contributed by atoms with Crippen LogP contribution in [-0.2, 0) is 17.7 Å². The number of aromatic amines is 1. The lowest BCUT2D eigenvalue weighted by molar-refractivity contribution is 0.0682. The molecule has 0 radical (unpaired) electrons. The summed E-state index contributed by atoms with van der Waals surface area (Å²) in [5.41, 5.74) is 2.87. The number of rotatable bonds is 4. The summed E-state index contributed by atoms with van der Waals surface area (Å²) in [6, 6.07) is 7.39. The number of urea groups is 1. The van der Waals surface area contributed by atoms with Crippen molar-refractivity contribution in [3.8, 4) is 5.75 Å². The molecule has 1 aromatic heterocycles. The number of nitrogens with zero attached hydrogens (tertiary/aromatic N) is 2. The number of hydrogen-bond acceptors (Lipinski definition) is 4. The Morgan fingerprint density at radius 3 is 3.24 bits per heavy atom. The fourth-order valence-corrected chi connectivity index (χ4v) is 3.24. The Morgan fingerprint density at radius 2 is 2.36 bits per heavy atom. The molecular formula is C18H22N4O3. The number of anilines is 1. The first-order valence-corrected chi connectivity index (χ1v) is 8.70. The lowest BCUT2D eigenvalue weighted by Gasteiger charge is -2.27. The van der Waals surface area contributed by atoms with Crippen molar-refractivity contribution in [3.05, 3.63) is 41.7 Å². The van der Waals surface area contributed by atoms with Gasteiger partial charge in [0.05, 0.1) is 24.5 Å². The van der Waals surface area contributed by atoms with Crippen LogP contribution in [0, 0.1) is 0 Å². The Bertz CT molecular complexity index is 739.